The zero-order valence-electron chi connectivity index (χ0n) is 68.4. The van der Waals surface area contributed by atoms with Gasteiger partial charge in [0.2, 0.25) is 5.88 Å². The molecular weight excluding hydrogens is 1590 g/mol. The maximum absolute atomic E-state index is 9.85. The number of halogens is 2. The maximum atomic E-state index is 9.85. The van der Waals surface area contributed by atoms with Crippen molar-refractivity contribution in [1.82, 2.24) is 39.3 Å². The molecule has 5 heterocycles. The van der Waals surface area contributed by atoms with Gasteiger partial charge in [-0.1, -0.05) is 272 Å². The summed E-state index contributed by atoms with van der Waals surface area (Å²) in [5.74, 6) is 2.38. The lowest BCUT2D eigenvalue weighted by Crippen LogP contribution is -2.32. The van der Waals surface area contributed by atoms with Gasteiger partial charge >= 0.3 is 7.12 Å². The van der Waals surface area contributed by atoms with Gasteiger partial charge in [-0.15, -0.1) is 0 Å². The highest BCUT2D eigenvalue weighted by molar-refractivity contribution is 9.10. The van der Waals surface area contributed by atoms with Gasteiger partial charge in [-0.3, -0.25) is 0 Å². The number of nitrogens with zero attached hydrogens (tertiary/aromatic N) is 8. The lowest BCUT2D eigenvalue weighted by Gasteiger charge is -2.33. The predicted molar refractivity (Wildman–Crippen MR) is 493 cm³/mol. The number of phenols is 1. The van der Waals surface area contributed by atoms with E-state index in [0.29, 0.717) is 11.3 Å². The maximum Gasteiger partial charge on any atom is 0.488 e. The van der Waals surface area contributed by atoms with Gasteiger partial charge in [-0.05, 0) is 220 Å². The van der Waals surface area contributed by atoms with Crippen molar-refractivity contribution >= 4 is 44.4 Å². The van der Waals surface area contributed by atoms with Crippen molar-refractivity contribution in [3.05, 3.63) is 329 Å². The molecular formula is C102H111BBr2N8O5. The van der Waals surface area contributed by atoms with Crippen LogP contribution in [-0.4, -0.2) is 68.7 Å². The molecule has 0 saturated heterocycles. The van der Waals surface area contributed by atoms with E-state index in [4.69, 9.17) is 14.6 Å². The van der Waals surface area contributed by atoms with Crippen LogP contribution in [0.15, 0.2) is 295 Å². The third-order valence-electron chi connectivity index (χ3n) is 23.2. The Morgan fingerprint density at radius 3 is 1.15 bits per heavy atom. The van der Waals surface area contributed by atoms with Crippen LogP contribution in [0.4, 0.5) is 0 Å². The fourth-order valence-electron chi connectivity index (χ4n) is 17.4. The molecule has 17 rings (SSSR count). The molecule has 0 atom stereocenters. The number of aromatic nitrogens is 8. The Labute approximate surface area is 715 Å². The van der Waals surface area contributed by atoms with Crippen LogP contribution >= 0.6 is 31.9 Å². The topological polar surface area (TPSA) is 158 Å². The average Bonchev–Trinajstić information content (AvgIpc) is 1.58. The minimum Gasteiger partial charge on any atom is -0.508 e. The van der Waals surface area contributed by atoms with Crippen LogP contribution in [0.1, 0.15) is 198 Å². The average molecular weight is 1700 g/mol. The Bertz CT molecular complexity index is 5540. The normalized spacial score (nSPS) is 12.8. The first-order valence-electron chi connectivity index (χ1n) is 41.8. The van der Waals surface area contributed by atoms with E-state index in [2.05, 4.69) is 221 Å². The molecule has 3 aliphatic carbocycles. The number of unbranched alkanes of at least 4 members (excludes halogenated alkanes) is 6. The number of hydrogen-bond donors (Lipinski definition) is 3. The molecule has 3 N–H and O–H groups in total. The van der Waals surface area contributed by atoms with E-state index in [1.165, 1.54) is 181 Å². The second kappa shape index (κ2) is 41.1. The summed E-state index contributed by atoms with van der Waals surface area (Å²) in [7, 11) is 0.243. The summed E-state index contributed by atoms with van der Waals surface area (Å²) in [6.07, 6.45) is 36.7. The van der Waals surface area contributed by atoms with Crippen molar-refractivity contribution in [1.29, 1.82) is 0 Å². The first kappa shape index (κ1) is 86.6. The number of phenolic OH excluding ortho intramolecular Hbond substituents is 1. The zero-order chi connectivity index (χ0) is 81.7. The standard InChI is InChI=1S/C35H35N3O.C30H32N2O.C21H27BO2.C10H9BrN2O.C5H4BrN.CH4/c1-3-5-19-35(20-6-4-2)32-15-8-7-14-30(32)31-18-17-26(22-33(31)35)27-24-37-38(25-27)28-12-11-13-29(23-28)39-34-16-9-10-21-36-34;1-3-5-16-30(17-6-4-2)28-13-8-7-12-26(28)27-15-14-22(18-29(27)30)23-20-31-32(21-23)24-10-9-11-25(33)19-24;1-3-5-13-21(14-6-4-2)19-10-8-7-9-17(19)18-12-11-16(22(23)24)15-20(18)21;1-14-10-4-2-3-9(5-10)13-7-8(11)6-12-13;6-5-3-1-2-4-7-5;/h7-18,21-25H,3-6,19-20H2,1-2H3;7-15,18-21,33H,3-6,16-17H2,1-2H3;7-12,15,23-24H,3-6,13-14H2,1-2H3;2-7H,1H3;1-4H;1H4. The summed E-state index contributed by atoms with van der Waals surface area (Å²) >= 11 is 6.55. The summed E-state index contributed by atoms with van der Waals surface area (Å²) in [6, 6.07) is 81.1. The molecule has 14 aromatic rings. The van der Waals surface area contributed by atoms with Crippen LogP contribution in [0.25, 0.3) is 72.7 Å². The molecule has 0 aliphatic heterocycles. The molecule has 13 nitrogen and oxygen atoms in total. The Morgan fingerprint density at radius 1 is 0.364 bits per heavy atom. The first-order valence-corrected chi connectivity index (χ1v) is 43.4. The number of benzene rings is 9. The lowest BCUT2D eigenvalue weighted by molar-refractivity contribution is 0.413. The second-order valence-corrected chi connectivity index (χ2v) is 32.5. The van der Waals surface area contributed by atoms with Crippen molar-refractivity contribution in [3.63, 3.8) is 0 Å². The summed E-state index contributed by atoms with van der Waals surface area (Å²) in [6.45, 7) is 13.7. The van der Waals surface area contributed by atoms with Crippen LogP contribution in [0, 0.1) is 0 Å². The van der Waals surface area contributed by atoms with Gasteiger partial charge in [0.1, 0.15) is 21.9 Å². The van der Waals surface area contributed by atoms with Crippen molar-refractivity contribution < 1.29 is 24.6 Å². The van der Waals surface area contributed by atoms with Crippen LogP contribution in [-0.2, 0) is 16.2 Å². The number of methoxy groups -OCH3 is 1. The molecule has 3 aliphatic rings. The van der Waals surface area contributed by atoms with Crippen LogP contribution < -0.4 is 14.9 Å². The Kier molecular flexibility index (Phi) is 30.2. The van der Waals surface area contributed by atoms with Crippen molar-refractivity contribution in [2.45, 2.75) is 181 Å². The fraction of sp³-hybridized carbons (Fsp3) is 0.284. The van der Waals surface area contributed by atoms with E-state index in [1.54, 1.807) is 42.5 Å². The van der Waals surface area contributed by atoms with E-state index in [0.717, 1.165) is 61.6 Å². The van der Waals surface area contributed by atoms with E-state index >= 15 is 0 Å². The van der Waals surface area contributed by atoms with Gasteiger partial charge in [-0.2, -0.15) is 15.3 Å². The summed E-state index contributed by atoms with van der Waals surface area (Å²) < 4.78 is 18.5. The molecule has 0 radical (unpaired) electrons. The van der Waals surface area contributed by atoms with Crippen LogP contribution in [0.5, 0.6) is 23.1 Å². The highest BCUT2D eigenvalue weighted by atomic mass is 79.9. The van der Waals surface area contributed by atoms with Crippen molar-refractivity contribution in [3.8, 4) is 95.8 Å². The number of ether oxygens (including phenoxy) is 2. The molecule has 0 amide bonds. The highest BCUT2D eigenvalue weighted by Crippen LogP contribution is 2.58. The predicted octanol–water partition coefficient (Wildman–Crippen LogP) is 26.4. The number of aromatic hydroxyl groups is 1. The summed E-state index contributed by atoms with van der Waals surface area (Å²) in [4.78, 5) is 8.16. The smallest absolute Gasteiger partial charge is 0.488 e. The third kappa shape index (κ3) is 19.5. The molecule has 118 heavy (non-hydrogen) atoms. The Hall–Kier alpha value is -10.7. The minimum atomic E-state index is -1.41. The SMILES string of the molecule is Brc1ccccn1.C.CCCCC1(CCCC)c2ccccc2-c2ccc(-c3cnn(-c4cccc(O)c4)c3)cc21.CCCCC1(CCCC)c2ccccc2-c2ccc(-c3cnn(-c4cccc(Oc5ccccn5)c4)c3)cc21.CCCCC1(CCCC)c2ccccc2-c2ccc(B(O)O)cc21.COc1cccc(-n2cc(Br)cn2)c1. The number of hydrogen-bond acceptors (Lipinski definition) is 10. The Balaban J connectivity index is 0.000000146. The molecule has 0 bridgehead atoms. The van der Waals surface area contributed by atoms with Crippen LogP contribution in [0.2, 0.25) is 0 Å². The van der Waals surface area contributed by atoms with Crippen molar-refractivity contribution in [2.24, 2.45) is 0 Å². The molecule has 0 saturated carbocycles. The molecule has 606 valence electrons. The summed E-state index contributed by atoms with van der Waals surface area (Å²) in [5.41, 5.74) is 25.1. The minimum absolute atomic E-state index is 0. The highest BCUT2D eigenvalue weighted by Gasteiger charge is 2.45. The first-order chi connectivity index (χ1) is 57.2. The monoisotopic (exact) mass is 1700 g/mol. The number of rotatable bonds is 27. The molecule has 0 spiro atoms. The third-order valence-corrected chi connectivity index (χ3v) is 24.1. The van der Waals surface area contributed by atoms with E-state index in [-0.39, 0.29) is 29.4 Å². The van der Waals surface area contributed by atoms with Crippen LogP contribution in [0.3, 0.4) is 0 Å². The quantitative estimate of drug-likeness (QED) is 0.0334. The number of pyridine rings is 2. The van der Waals surface area contributed by atoms with Gasteiger partial charge in [0, 0.05) is 82.6 Å². The lowest BCUT2D eigenvalue weighted by atomic mass is 9.69. The second-order valence-electron chi connectivity index (χ2n) is 30.8. The van der Waals surface area contributed by atoms with Gasteiger partial charge in [0.05, 0.1) is 47.2 Å². The van der Waals surface area contributed by atoms with Gasteiger partial charge in [-0.25, -0.2) is 24.0 Å². The molecule has 9 aromatic carbocycles. The zero-order valence-corrected chi connectivity index (χ0v) is 71.6. The molecule has 0 fully saturated rings. The fourth-order valence-corrected chi connectivity index (χ4v) is 17.9. The largest absolute Gasteiger partial charge is 0.508 e. The van der Waals surface area contributed by atoms with Gasteiger partial charge in [0.25, 0.3) is 0 Å². The van der Waals surface area contributed by atoms with Gasteiger partial charge < -0.3 is 24.6 Å². The molecule has 5 aromatic heterocycles. The van der Waals surface area contributed by atoms with Gasteiger partial charge in [0.15, 0.2) is 0 Å². The molecule has 0 unspecified atom stereocenters. The van der Waals surface area contributed by atoms with E-state index in [9.17, 15) is 15.2 Å². The van der Waals surface area contributed by atoms with E-state index in [1.807, 2.05) is 137 Å². The Morgan fingerprint density at radius 2 is 0.754 bits per heavy atom. The van der Waals surface area contributed by atoms with Crippen molar-refractivity contribution in [2.75, 3.05) is 7.11 Å². The molecule has 16 heteroatoms. The van der Waals surface area contributed by atoms with E-state index < -0.39 is 7.12 Å². The summed E-state index contributed by atoms with van der Waals surface area (Å²) in [5, 5.41) is 42.6. The number of fused-ring (bicyclic) bond motifs is 9.